The smallest absolute Gasteiger partial charge is 0.238 e. The summed E-state index contributed by atoms with van der Waals surface area (Å²) in [7, 11) is -0.550. The lowest BCUT2D eigenvalue weighted by molar-refractivity contribution is 0.354. The van der Waals surface area contributed by atoms with E-state index in [1.807, 2.05) is 18.2 Å². The lowest BCUT2D eigenvalue weighted by Crippen LogP contribution is -2.27. The molecule has 0 saturated carbocycles. The average molecular weight is 381 g/mol. The van der Waals surface area contributed by atoms with E-state index in [4.69, 9.17) is 26.8 Å². The third-order valence-corrected chi connectivity index (χ3v) is 4.52. The summed E-state index contributed by atoms with van der Waals surface area (Å²) in [6.45, 7) is 0.488. The second-order valence-corrected chi connectivity index (χ2v) is 7.04. The van der Waals surface area contributed by atoms with Crippen LogP contribution in [0.25, 0.3) is 0 Å². The minimum atomic E-state index is -3.71. The first-order chi connectivity index (χ1) is 11.8. The zero-order chi connectivity index (χ0) is 18.4. The molecule has 0 saturated heterocycles. The Morgan fingerprint density at radius 3 is 2.28 bits per heavy atom. The molecule has 0 amide bonds. The molecular formula is C16H19N3O4S2. The Morgan fingerprint density at radius 1 is 1.08 bits per heavy atom. The molecule has 0 aliphatic carbocycles. The molecule has 25 heavy (non-hydrogen) atoms. The molecule has 7 nitrogen and oxygen atoms in total. The van der Waals surface area contributed by atoms with Crippen LogP contribution < -0.4 is 25.2 Å². The molecule has 2 aromatic rings. The maximum absolute atomic E-state index is 11.2. The number of primary sulfonamides is 1. The van der Waals surface area contributed by atoms with E-state index in [1.54, 1.807) is 26.4 Å². The van der Waals surface area contributed by atoms with Gasteiger partial charge in [0, 0.05) is 12.2 Å². The normalized spacial score (nSPS) is 10.8. The van der Waals surface area contributed by atoms with Gasteiger partial charge < -0.3 is 20.1 Å². The van der Waals surface area contributed by atoms with Crippen molar-refractivity contribution < 1.29 is 17.9 Å². The van der Waals surface area contributed by atoms with E-state index in [-0.39, 0.29) is 4.90 Å². The number of rotatable bonds is 6. The molecule has 0 aliphatic heterocycles. The minimum absolute atomic E-state index is 0.0438. The summed E-state index contributed by atoms with van der Waals surface area (Å²) in [6.07, 6.45) is 0. The van der Waals surface area contributed by atoms with Gasteiger partial charge in [-0.15, -0.1) is 0 Å². The number of thiocarbonyl (C=S) groups is 1. The number of hydrogen-bond acceptors (Lipinski definition) is 5. The molecule has 0 spiro atoms. The Labute approximate surface area is 152 Å². The van der Waals surface area contributed by atoms with Crippen LogP contribution in [0.15, 0.2) is 47.4 Å². The summed E-state index contributed by atoms with van der Waals surface area (Å²) in [5.41, 5.74) is 1.61. The van der Waals surface area contributed by atoms with E-state index in [9.17, 15) is 8.42 Å². The number of anilines is 1. The maximum atomic E-state index is 11.2. The SMILES string of the molecule is COc1ccc(CNC(=S)Nc2ccc(S(N)(=O)=O)cc2)cc1OC. The second kappa shape index (κ2) is 8.15. The van der Waals surface area contributed by atoms with Gasteiger partial charge in [0.15, 0.2) is 16.6 Å². The van der Waals surface area contributed by atoms with E-state index in [1.165, 1.54) is 12.1 Å². The highest BCUT2D eigenvalue weighted by Crippen LogP contribution is 2.27. The Morgan fingerprint density at radius 2 is 1.72 bits per heavy atom. The van der Waals surface area contributed by atoms with Gasteiger partial charge in [0.2, 0.25) is 10.0 Å². The van der Waals surface area contributed by atoms with Gasteiger partial charge in [-0.25, -0.2) is 13.6 Å². The van der Waals surface area contributed by atoms with Crippen LogP contribution in [-0.2, 0) is 16.6 Å². The largest absolute Gasteiger partial charge is 0.493 e. The second-order valence-electron chi connectivity index (χ2n) is 5.07. The zero-order valence-electron chi connectivity index (χ0n) is 13.8. The molecule has 0 bridgehead atoms. The summed E-state index contributed by atoms with van der Waals surface area (Å²) in [6, 6.07) is 11.6. The number of nitrogens with two attached hydrogens (primary N) is 1. The number of nitrogens with one attached hydrogen (secondary N) is 2. The van der Waals surface area contributed by atoms with E-state index < -0.39 is 10.0 Å². The van der Waals surface area contributed by atoms with Gasteiger partial charge in [-0.3, -0.25) is 0 Å². The van der Waals surface area contributed by atoms with Crippen LogP contribution in [0.3, 0.4) is 0 Å². The van der Waals surface area contributed by atoms with Crippen molar-refractivity contribution in [1.82, 2.24) is 5.32 Å². The number of ether oxygens (including phenoxy) is 2. The van der Waals surface area contributed by atoms with Crippen LogP contribution >= 0.6 is 12.2 Å². The molecule has 0 heterocycles. The zero-order valence-corrected chi connectivity index (χ0v) is 15.4. The molecule has 4 N–H and O–H groups in total. The molecule has 2 rings (SSSR count). The molecule has 0 radical (unpaired) electrons. The van der Waals surface area contributed by atoms with Crippen molar-refractivity contribution in [2.75, 3.05) is 19.5 Å². The topological polar surface area (TPSA) is 103 Å². The fraction of sp³-hybridized carbons (Fsp3) is 0.188. The van der Waals surface area contributed by atoms with Crippen LogP contribution in [0, 0.1) is 0 Å². The van der Waals surface area contributed by atoms with E-state index in [2.05, 4.69) is 10.6 Å². The fourth-order valence-corrected chi connectivity index (χ4v) is 2.78. The van der Waals surface area contributed by atoms with Crippen molar-refractivity contribution in [3.8, 4) is 11.5 Å². The van der Waals surface area contributed by atoms with Gasteiger partial charge in [0.25, 0.3) is 0 Å². The Kier molecular flexibility index (Phi) is 6.18. The average Bonchev–Trinajstić information content (AvgIpc) is 2.59. The molecular weight excluding hydrogens is 362 g/mol. The Bertz CT molecular complexity index is 852. The highest BCUT2D eigenvalue weighted by molar-refractivity contribution is 7.89. The number of hydrogen-bond donors (Lipinski definition) is 3. The number of benzene rings is 2. The van der Waals surface area contributed by atoms with Gasteiger partial charge in [-0.05, 0) is 54.2 Å². The predicted octanol–water partition coefficient (Wildman–Crippen LogP) is 1.84. The van der Waals surface area contributed by atoms with Gasteiger partial charge >= 0.3 is 0 Å². The molecule has 2 aromatic carbocycles. The molecule has 9 heteroatoms. The van der Waals surface area contributed by atoms with Crippen molar-refractivity contribution in [2.45, 2.75) is 11.4 Å². The van der Waals surface area contributed by atoms with Crippen LogP contribution in [-0.4, -0.2) is 27.7 Å². The first-order valence-corrected chi connectivity index (χ1v) is 9.17. The Balaban J connectivity index is 1.94. The van der Waals surface area contributed by atoms with Crippen LogP contribution in [0.2, 0.25) is 0 Å². The monoisotopic (exact) mass is 381 g/mol. The highest BCUT2D eigenvalue weighted by atomic mass is 32.2. The molecule has 0 atom stereocenters. The van der Waals surface area contributed by atoms with Crippen molar-refractivity contribution in [2.24, 2.45) is 5.14 Å². The van der Waals surface area contributed by atoms with Crippen molar-refractivity contribution in [3.63, 3.8) is 0 Å². The van der Waals surface area contributed by atoms with Crippen molar-refractivity contribution in [3.05, 3.63) is 48.0 Å². The lowest BCUT2D eigenvalue weighted by atomic mass is 10.2. The quantitative estimate of drug-likeness (QED) is 0.656. The van der Waals surface area contributed by atoms with E-state index >= 15 is 0 Å². The minimum Gasteiger partial charge on any atom is -0.493 e. The molecule has 134 valence electrons. The lowest BCUT2D eigenvalue weighted by Gasteiger charge is -2.13. The van der Waals surface area contributed by atoms with E-state index in [0.29, 0.717) is 28.8 Å². The molecule has 0 fully saturated rings. The first kappa shape index (κ1) is 19.0. The van der Waals surface area contributed by atoms with Gasteiger partial charge in [-0.1, -0.05) is 6.07 Å². The van der Waals surface area contributed by atoms with Crippen molar-refractivity contribution in [1.29, 1.82) is 0 Å². The molecule has 0 unspecified atom stereocenters. The molecule has 0 aromatic heterocycles. The van der Waals surface area contributed by atoms with Gasteiger partial charge in [0.05, 0.1) is 19.1 Å². The summed E-state index contributed by atoms with van der Waals surface area (Å²) in [4.78, 5) is 0.0438. The van der Waals surface area contributed by atoms with Gasteiger partial charge in [-0.2, -0.15) is 0 Å². The summed E-state index contributed by atoms with van der Waals surface area (Å²) in [5, 5.41) is 11.5. The Hall–Kier alpha value is -2.36. The summed E-state index contributed by atoms with van der Waals surface area (Å²) < 4.78 is 32.9. The highest BCUT2D eigenvalue weighted by Gasteiger charge is 2.08. The number of sulfonamides is 1. The fourth-order valence-electron chi connectivity index (χ4n) is 2.08. The molecule has 0 aliphatic rings. The van der Waals surface area contributed by atoms with Crippen LogP contribution in [0.5, 0.6) is 11.5 Å². The third kappa shape index (κ3) is 5.31. The first-order valence-electron chi connectivity index (χ1n) is 7.22. The van der Waals surface area contributed by atoms with E-state index in [0.717, 1.165) is 5.56 Å². The number of methoxy groups -OCH3 is 2. The summed E-state index contributed by atoms with van der Waals surface area (Å²) >= 11 is 5.23. The predicted molar refractivity (Wildman–Crippen MR) is 100 cm³/mol. The van der Waals surface area contributed by atoms with Crippen LogP contribution in [0.1, 0.15) is 5.56 Å². The summed E-state index contributed by atoms with van der Waals surface area (Å²) in [5.74, 6) is 1.29. The van der Waals surface area contributed by atoms with Crippen LogP contribution in [0.4, 0.5) is 5.69 Å². The standard InChI is InChI=1S/C16H19N3O4S2/c1-22-14-8-3-11(9-15(14)23-2)10-18-16(24)19-12-4-6-13(7-5-12)25(17,20)21/h3-9H,10H2,1-2H3,(H2,17,20,21)(H2,18,19,24). The maximum Gasteiger partial charge on any atom is 0.238 e. The van der Waals surface area contributed by atoms with Gasteiger partial charge in [0.1, 0.15) is 0 Å². The third-order valence-electron chi connectivity index (χ3n) is 3.34. The van der Waals surface area contributed by atoms with Crippen molar-refractivity contribution >= 4 is 33.0 Å².